The van der Waals surface area contributed by atoms with Crippen molar-refractivity contribution in [2.24, 2.45) is 5.92 Å². The molecule has 6 heteroatoms. The predicted molar refractivity (Wildman–Crippen MR) is 91.1 cm³/mol. The molecule has 3 rings (SSSR count). The number of likely N-dealkylation sites (tertiary alicyclic amines) is 1. The van der Waals surface area contributed by atoms with E-state index in [0.29, 0.717) is 25.6 Å². The van der Waals surface area contributed by atoms with E-state index in [1.54, 1.807) is 11.3 Å². The first-order chi connectivity index (χ1) is 11.0. The summed E-state index contributed by atoms with van der Waals surface area (Å²) in [6.07, 6.45) is 3.91. The summed E-state index contributed by atoms with van der Waals surface area (Å²) >= 11 is 1.74. The van der Waals surface area contributed by atoms with Gasteiger partial charge >= 0.3 is 6.09 Å². The van der Waals surface area contributed by atoms with E-state index < -0.39 is 6.09 Å². The van der Waals surface area contributed by atoms with Crippen LogP contribution in [0.5, 0.6) is 0 Å². The minimum atomic E-state index is -0.829. The third kappa shape index (κ3) is 2.87. The molecule has 0 spiro atoms. The van der Waals surface area contributed by atoms with Gasteiger partial charge in [-0.25, -0.2) is 4.79 Å². The SMILES string of the molecule is CC=C(c1sc2c(c1C)C(=O)NCC2)C1CCN(C(=O)O)CC1. The van der Waals surface area contributed by atoms with Gasteiger partial charge in [0.2, 0.25) is 0 Å². The number of nitrogens with zero attached hydrogens (tertiary/aromatic N) is 1. The zero-order chi connectivity index (χ0) is 16.6. The van der Waals surface area contributed by atoms with Gasteiger partial charge in [-0.05, 0) is 50.2 Å². The Morgan fingerprint density at radius 2 is 2.09 bits per heavy atom. The largest absolute Gasteiger partial charge is 0.465 e. The summed E-state index contributed by atoms with van der Waals surface area (Å²) < 4.78 is 0. The van der Waals surface area contributed by atoms with E-state index in [4.69, 9.17) is 5.11 Å². The van der Waals surface area contributed by atoms with Crippen LogP contribution >= 0.6 is 11.3 Å². The summed E-state index contributed by atoms with van der Waals surface area (Å²) in [5.74, 6) is 0.417. The third-order valence-corrected chi connectivity index (χ3v) is 6.26. The topological polar surface area (TPSA) is 69.6 Å². The van der Waals surface area contributed by atoms with Crippen molar-refractivity contribution in [1.82, 2.24) is 10.2 Å². The summed E-state index contributed by atoms with van der Waals surface area (Å²) in [5.41, 5.74) is 3.22. The van der Waals surface area contributed by atoms with Crippen molar-refractivity contribution < 1.29 is 14.7 Å². The average molecular weight is 334 g/mol. The molecule has 0 radical (unpaired) electrons. The van der Waals surface area contributed by atoms with Gasteiger partial charge in [0.15, 0.2) is 0 Å². The van der Waals surface area contributed by atoms with Crippen molar-refractivity contribution in [3.8, 4) is 0 Å². The second kappa shape index (κ2) is 6.35. The Labute approximate surface area is 140 Å². The number of nitrogens with one attached hydrogen (secondary N) is 1. The Morgan fingerprint density at radius 1 is 1.39 bits per heavy atom. The molecule has 2 amide bonds. The fraction of sp³-hybridized carbons (Fsp3) is 0.529. The number of hydrogen-bond donors (Lipinski definition) is 2. The number of allylic oxidation sites excluding steroid dienone is 2. The monoisotopic (exact) mass is 334 g/mol. The highest BCUT2D eigenvalue weighted by Gasteiger charge is 2.30. The summed E-state index contributed by atoms with van der Waals surface area (Å²) in [5, 5.41) is 12.0. The smallest absolute Gasteiger partial charge is 0.407 e. The van der Waals surface area contributed by atoms with Crippen LogP contribution in [0.1, 0.15) is 45.4 Å². The number of fused-ring (bicyclic) bond motifs is 1. The van der Waals surface area contributed by atoms with E-state index in [-0.39, 0.29) is 5.91 Å². The van der Waals surface area contributed by atoms with Gasteiger partial charge in [0, 0.05) is 29.4 Å². The summed E-state index contributed by atoms with van der Waals surface area (Å²) in [6.45, 7) is 5.96. The Morgan fingerprint density at radius 3 is 2.65 bits per heavy atom. The van der Waals surface area contributed by atoms with Gasteiger partial charge in [-0.1, -0.05) is 6.08 Å². The second-order valence-electron chi connectivity index (χ2n) is 6.15. The maximum absolute atomic E-state index is 12.1. The Hall–Kier alpha value is -1.82. The number of amides is 2. The summed E-state index contributed by atoms with van der Waals surface area (Å²) in [4.78, 5) is 27.1. The molecule has 3 heterocycles. The molecule has 2 aliphatic heterocycles. The molecule has 1 fully saturated rings. The molecule has 2 aliphatic rings. The van der Waals surface area contributed by atoms with Crippen LogP contribution in [-0.4, -0.2) is 41.6 Å². The van der Waals surface area contributed by atoms with E-state index in [2.05, 4.69) is 11.4 Å². The van der Waals surface area contributed by atoms with Gasteiger partial charge in [-0.2, -0.15) is 0 Å². The van der Waals surface area contributed by atoms with Gasteiger partial charge in [-0.15, -0.1) is 11.3 Å². The van der Waals surface area contributed by atoms with Crippen LogP contribution in [0, 0.1) is 12.8 Å². The lowest BCUT2D eigenvalue weighted by Gasteiger charge is -2.31. The van der Waals surface area contributed by atoms with E-state index in [1.807, 2.05) is 13.8 Å². The minimum Gasteiger partial charge on any atom is -0.465 e. The number of rotatable bonds is 2. The van der Waals surface area contributed by atoms with Crippen molar-refractivity contribution in [2.45, 2.75) is 33.1 Å². The highest BCUT2D eigenvalue weighted by atomic mass is 32.1. The van der Waals surface area contributed by atoms with Gasteiger partial charge < -0.3 is 15.3 Å². The summed E-state index contributed by atoms with van der Waals surface area (Å²) in [6, 6.07) is 0. The molecule has 1 saturated heterocycles. The van der Waals surface area contributed by atoms with E-state index in [1.165, 1.54) is 20.2 Å². The Bertz CT molecular complexity index is 670. The molecule has 0 bridgehead atoms. The lowest BCUT2D eigenvalue weighted by molar-refractivity contribution is 0.0946. The van der Waals surface area contributed by atoms with Crippen molar-refractivity contribution in [3.63, 3.8) is 0 Å². The van der Waals surface area contributed by atoms with E-state index >= 15 is 0 Å². The lowest BCUT2D eigenvalue weighted by atomic mass is 9.86. The highest BCUT2D eigenvalue weighted by molar-refractivity contribution is 7.13. The first-order valence-electron chi connectivity index (χ1n) is 8.07. The van der Waals surface area contributed by atoms with Crippen molar-refractivity contribution >= 4 is 28.9 Å². The second-order valence-corrected chi connectivity index (χ2v) is 7.25. The number of carbonyl (C=O) groups excluding carboxylic acids is 1. The van der Waals surface area contributed by atoms with E-state index in [9.17, 15) is 9.59 Å². The summed E-state index contributed by atoms with van der Waals surface area (Å²) in [7, 11) is 0. The molecule has 0 unspecified atom stereocenters. The highest BCUT2D eigenvalue weighted by Crippen LogP contribution is 2.40. The van der Waals surface area contributed by atoms with Crippen LogP contribution in [0.15, 0.2) is 6.08 Å². The molecule has 1 aromatic rings. The van der Waals surface area contributed by atoms with Crippen molar-refractivity contribution in [3.05, 3.63) is 27.0 Å². The zero-order valence-electron chi connectivity index (χ0n) is 13.5. The number of carbonyl (C=O) groups is 2. The van der Waals surface area contributed by atoms with Crippen LogP contribution in [0.2, 0.25) is 0 Å². The fourth-order valence-corrected chi connectivity index (χ4v) is 5.09. The van der Waals surface area contributed by atoms with Crippen molar-refractivity contribution in [1.29, 1.82) is 0 Å². The standard InChI is InChI=1S/C17H22N2O3S/c1-3-12(11-5-8-19(9-6-11)17(21)22)15-10(2)14-13(23-15)4-7-18-16(14)20/h3,11H,4-9H2,1-2H3,(H,18,20)(H,21,22). The molecule has 0 atom stereocenters. The molecule has 0 saturated carbocycles. The molecule has 124 valence electrons. The first kappa shape index (κ1) is 16.1. The minimum absolute atomic E-state index is 0.0439. The molecular weight excluding hydrogens is 312 g/mol. The molecule has 5 nitrogen and oxygen atoms in total. The quantitative estimate of drug-likeness (QED) is 0.873. The number of carboxylic acid groups (broad SMARTS) is 1. The van der Waals surface area contributed by atoms with Crippen LogP contribution in [0.3, 0.4) is 0 Å². The molecule has 2 N–H and O–H groups in total. The van der Waals surface area contributed by atoms with Gasteiger partial charge in [0.1, 0.15) is 0 Å². The molecule has 23 heavy (non-hydrogen) atoms. The number of piperidine rings is 1. The van der Waals surface area contributed by atoms with Gasteiger partial charge in [0.25, 0.3) is 5.91 Å². The molecule has 0 aliphatic carbocycles. The Balaban J connectivity index is 1.86. The molecule has 0 aromatic carbocycles. The van der Waals surface area contributed by atoms with E-state index in [0.717, 1.165) is 30.4 Å². The third-order valence-electron chi connectivity index (χ3n) is 4.86. The van der Waals surface area contributed by atoms with Crippen LogP contribution in [-0.2, 0) is 6.42 Å². The number of thiophene rings is 1. The fourth-order valence-electron chi connectivity index (χ4n) is 3.63. The van der Waals surface area contributed by atoms with Crippen molar-refractivity contribution in [2.75, 3.05) is 19.6 Å². The first-order valence-corrected chi connectivity index (χ1v) is 8.89. The normalized spacial score (nSPS) is 19.5. The molecular formula is C17H22N2O3S. The van der Waals surface area contributed by atoms with Gasteiger partial charge in [0.05, 0.1) is 5.56 Å². The van der Waals surface area contributed by atoms with Crippen LogP contribution < -0.4 is 5.32 Å². The van der Waals surface area contributed by atoms with Gasteiger partial charge in [-0.3, -0.25) is 4.79 Å². The molecule has 1 aromatic heterocycles. The predicted octanol–water partition coefficient (Wildman–Crippen LogP) is 3.14. The maximum atomic E-state index is 12.1. The Kier molecular flexibility index (Phi) is 4.43. The maximum Gasteiger partial charge on any atom is 0.407 e. The zero-order valence-corrected chi connectivity index (χ0v) is 14.3. The average Bonchev–Trinajstić information content (AvgIpc) is 2.87. The van der Waals surface area contributed by atoms with Crippen LogP contribution in [0.4, 0.5) is 4.79 Å². The van der Waals surface area contributed by atoms with Crippen LogP contribution in [0.25, 0.3) is 5.57 Å². The number of hydrogen-bond acceptors (Lipinski definition) is 3. The lowest BCUT2D eigenvalue weighted by Crippen LogP contribution is -2.37.